The van der Waals surface area contributed by atoms with Gasteiger partial charge in [0, 0.05) is 24.2 Å². The third-order valence-electron chi connectivity index (χ3n) is 6.23. The molecule has 1 saturated heterocycles. The van der Waals surface area contributed by atoms with Gasteiger partial charge in [-0.2, -0.15) is 5.26 Å². The number of hydrogen-bond donors (Lipinski definition) is 0. The third-order valence-corrected chi connectivity index (χ3v) is 6.23. The van der Waals surface area contributed by atoms with Gasteiger partial charge in [-0.15, -0.1) is 0 Å². The number of aryl methyl sites for hydroxylation is 1. The number of carbonyl (C=O) groups is 1. The molecule has 0 spiro atoms. The van der Waals surface area contributed by atoms with Gasteiger partial charge in [0.25, 0.3) is 5.91 Å². The number of likely N-dealkylation sites (tertiary alicyclic amines) is 1. The molecular formula is C24H23N3O3. The maximum absolute atomic E-state index is 13.6. The lowest BCUT2D eigenvalue weighted by Gasteiger charge is -2.36. The summed E-state index contributed by atoms with van der Waals surface area (Å²) in [6.07, 6.45) is 2.53. The number of nitrogens with zero attached hydrogens (tertiary/aromatic N) is 3. The summed E-state index contributed by atoms with van der Waals surface area (Å²) in [7, 11) is 2.12. The lowest BCUT2D eigenvalue weighted by molar-refractivity contribution is -0.115. The number of benzene rings is 2. The van der Waals surface area contributed by atoms with Crippen LogP contribution in [0.25, 0.3) is 6.08 Å². The van der Waals surface area contributed by atoms with E-state index in [4.69, 9.17) is 9.47 Å². The van der Waals surface area contributed by atoms with Crippen molar-refractivity contribution < 1.29 is 14.3 Å². The van der Waals surface area contributed by atoms with E-state index in [0.717, 1.165) is 30.8 Å². The van der Waals surface area contributed by atoms with E-state index in [9.17, 15) is 10.1 Å². The van der Waals surface area contributed by atoms with Crippen LogP contribution in [-0.4, -0.2) is 43.8 Å². The Morgan fingerprint density at radius 1 is 1.20 bits per heavy atom. The highest BCUT2D eigenvalue weighted by molar-refractivity contribution is 6.12. The van der Waals surface area contributed by atoms with Crippen molar-refractivity contribution in [1.29, 1.82) is 5.26 Å². The molecule has 1 amide bonds. The Hall–Kier alpha value is -3.30. The monoisotopic (exact) mass is 401 g/mol. The quantitative estimate of drug-likeness (QED) is 0.570. The average Bonchev–Trinajstić information content (AvgIpc) is 3.33. The number of nitriles is 1. The first-order valence-corrected chi connectivity index (χ1v) is 10.2. The maximum atomic E-state index is 13.6. The summed E-state index contributed by atoms with van der Waals surface area (Å²) in [5, 5.41) is 9.81. The lowest BCUT2D eigenvalue weighted by Crippen LogP contribution is -2.47. The van der Waals surface area contributed by atoms with Crippen LogP contribution in [0.1, 0.15) is 29.0 Å². The average molecular weight is 401 g/mol. The van der Waals surface area contributed by atoms with Gasteiger partial charge in [0.15, 0.2) is 11.5 Å². The van der Waals surface area contributed by atoms with E-state index in [1.165, 1.54) is 11.1 Å². The van der Waals surface area contributed by atoms with Crippen molar-refractivity contribution in [1.82, 2.24) is 4.90 Å². The number of hydrogen-bond acceptors (Lipinski definition) is 5. The highest BCUT2D eigenvalue weighted by Crippen LogP contribution is 2.45. The van der Waals surface area contributed by atoms with Crippen molar-refractivity contribution in [3.05, 3.63) is 58.7 Å². The number of anilines is 1. The molecule has 3 heterocycles. The molecule has 0 saturated carbocycles. The molecule has 3 aliphatic heterocycles. The molecule has 30 heavy (non-hydrogen) atoms. The smallest absolute Gasteiger partial charge is 0.269 e. The van der Waals surface area contributed by atoms with Gasteiger partial charge in [-0.25, -0.2) is 0 Å². The fourth-order valence-electron chi connectivity index (χ4n) is 4.79. The van der Waals surface area contributed by atoms with Gasteiger partial charge in [-0.3, -0.25) is 4.79 Å². The van der Waals surface area contributed by atoms with Gasteiger partial charge in [-0.1, -0.05) is 23.8 Å². The summed E-state index contributed by atoms with van der Waals surface area (Å²) in [4.78, 5) is 17.7. The molecule has 0 aromatic heterocycles. The first kappa shape index (κ1) is 18.7. The van der Waals surface area contributed by atoms with Crippen LogP contribution in [-0.2, 0) is 4.79 Å². The highest BCUT2D eigenvalue weighted by Gasteiger charge is 2.44. The van der Waals surface area contributed by atoms with Crippen LogP contribution in [0.3, 0.4) is 0 Å². The van der Waals surface area contributed by atoms with E-state index in [1.54, 1.807) is 18.2 Å². The van der Waals surface area contributed by atoms with Crippen LogP contribution in [0, 0.1) is 18.3 Å². The standard InChI is InChI=1S/C24H23N3O3/c1-15-3-5-20-18(9-15)19-13-26(2)8-7-21(19)27(20)24(28)17(12-25)10-16-4-6-22-23(11-16)30-14-29-22/h3-6,9-11,19,21H,7-8,13-14H2,1-2H3/b17-10+/t19-,21+/m1/s1. The van der Waals surface area contributed by atoms with E-state index in [2.05, 4.69) is 31.0 Å². The molecule has 0 bridgehead atoms. The van der Waals surface area contributed by atoms with Gasteiger partial charge in [-0.05, 0) is 62.3 Å². The fourth-order valence-corrected chi connectivity index (χ4v) is 4.79. The van der Waals surface area contributed by atoms with E-state index >= 15 is 0 Å². The normalized spacial score (nSPS) is 22.4. The molecule has 5 rings (SSSR count). The largest absolute Gasteiger partial charge is 0.454 e. The van der Waals surface area contributed by atoms with Crippen LogP contribution in [0.5, 0.6) is 11.5 Å². The molecule has 152 valence electrons. The SMILES string of the molecule is Cc1ccc2c(c1)[C@H]1CN(C)CC[C@@H]1N2C(=O)/C(C#N)=C/c1ccc2c(c1)OCO2. The number of ether oxygens (including phenoxy) is 2. The van der Waals surface area contributed by atoms with Gasteiger partial charge in [0.2, 0.25) is 6.79 Å². The Bertz CT molecular complexity index is 1100. The number of rotatable bonds is 2. The molecule has 0 radical (unpaired) electrons. The summed E-state index contributed by atoms with van der Waals surface area (Å²) in [6, 6.07) is 13.9. The zero-order valence-corrected chi connectivity index (χ0v) is 17.1. The molecule has 0 unspecified atom stereocenters. The molecule has 2 aromatic carbocycles. The molecule has 6 nitrogen and oxygen atoms in total. The first-order chi connectivity index (χ1) is 14.5. The Kier molecular flexibility index (Phi) is 4.48. The van der Waals surface area contributed by atoms with E-state index in [-0.39, 0.29) is 30.2 Å². The number of carbonyl (C=O) groups excluding carboxylic acids is 1. The summed E-state index contributed by atoms with van der Waals surface area (Å²) in [5.41, 5.74) is 4.20. The zero-order chi connectivity index (χ0) is 20.8. The second-order valence-corrected chi connectivity index (χ2v) is 8.24. The Balaban J connectivity index is 1.52. The fraction of sp³-hybridized carbons (Fsp3) is 0.333. The molecule has 2 aromatic rings. The van der Waals surface area contributed by atoms with Crippen molar-refractivity contribution >= 4 is 17.7 Å². The molecule has 0 N–H and O–H groups in total. The van der Waals surface area contributed by atoms with Gasteiger partial charge < -0.3 is 19.3 Å². The van der Waals surface area contributed by atoms with Crippen molar-refractivity contribution in [2.75, 3.05) is 31.8 Å². The number of likely N-dealkylation sites (N-methyl/N-ethyl adjacent to an activating group) is 1. The molecular weight excluding hydrogens is 378 g/mol. The van der Waals surface area contributed by atoms with Gasteiger partial charge in [0.05, 0.1) is 0 Å². The summed E-state index contributed by atoms with van der Waals surface area (Å²) < 4.78 is 10.8. The minimum Gasteiger partial charge on any atom is -0.454 e. The third kappa shape index (κ3) is 3.03. The molecule has 6 heteroatoms. The Morgan fingerprint density at radius 2 is 2.03 bits per heavy atom. The number of amides is 1. The van der Waals surface area contributed by atoms with E-state index < -0.39 is 0 Å². The lowest BCUT2D eigenvalue weighted by atomic mass is 9.88. The minimum atomic E-state index is -0.239. The summed E-state index contributed by atoms with van der Waals surface area (Å²) in [6.45, 7) is 4.12. The predicted molar refractivity (Wildman–Crippen MR) is 113 cm³/mol. The van der Waals surface area contributed by atoms with Crippen molar-refractivity contribution in [3.8, 4) is 17.6 Å². The molecule has 3 aliphatic rings. The van der Waals surface area contributed by atoms with Crippen molar-refractivity contribution in [3.63, 3.8) is 0 Å². The highest BCUT2D eigenvalue weighted by atomic mass is 16.7. The van der Waals surface area contributed by atoms with E-state index in [1.807, 2.05) is 23.1 Å². The van der Waals surface area contributed by atoms with Crippen molar-refractivity contribution in [2.45, 2.75) is 25.3 Å². The van der Waals surface area contributed by atoms with Crippen molar-refractivity contribution in [2.24, 2.45) is 0 Å². The van der Waals surface area contributed by atoms with Crippen LogP contribution in [0.15, 0.2) is 42.0 Å². The molecule has 1 fully saturated rings. The van der Waals surface area contributed by atoms with E-state index in [0.29, 0.717) is 11.5 Å². The topological polar surface area (TPSA) is 65.8 Å². The predicted octanol–water partition coefficient (Wildman–Crippen LogP) is 3.47. The maximum Gasteiger partial charge on any atom is 0.269 e. The second kappa shape index (κ2) is 7.19. The number of fused-ring (bicyclic) bond motifs is 4. The van der Waals surface area contributed by atoms with Crippen LogP contribution in [0.4, 0.5) is 5.69 Å². The number of piperidine rings is 1. The summed E-state index contributed by atoms with van der Waals surface area (Å²) in [5.74, 6) is 1.34. The van der Waals surface area contributed by atoms with Gasteiger partial charge in [0.1, 0.15) is 11.6 Å². The van der Waals surface area contributed by atoms with Crippen LogP contribution < -0.4 is 14.4 Å². The molecule has 0 aliphatic carbocycles. The Morgan fingerprint density at radius 3 is 2.87 bits per heavy atom. The van der Waals surface area contributed by atoms with Gasteiger partial charge >= 0.3 is 0 Å². The Labute approximate surface area is 175 Å². The molecule has 2 atom stereocenters. The minimum absolute atomic E-state index is 0.0824. The first-order valence-electron chi connectivity index (χ1n) is 10.2. The van der Waals surface area contributed by atoms with Crippen LogP contribution in [0.2, 0.25) is 0 Å². The second-order valence-electron chi connectivity index (χ2n) is 8.24. The summed E-state index contributed by atoms with van der Waals surface area (Å²) >= 11 is 0. The zero-order valence-electron chi connectivity index (χ0n) is 17.1. The van der Waals surface area contributed by atoms with Crippen LogP contribution >= 0.6 is 0 Å².